The molecule has 0 aliphatic carbocycles. The van der Waals surface area contributed by atoms with E-state index in [-0.39, 0.29) is 0 Å². The molecule has 1 heterocycles. The van der Waals surface area contributed by atoms with Gasteiger partial charge in [0, 0.05) is 30.5 Å². The van der Waals surface area contributed by atoms with Crippen LogP contribution in [0.25, 0.3) is 0 Å². The van der Waals surface area contributed by atoms with Crippen molar-refractivity contribution in [1.29, 1.82) is 0 Å². The molecule has 0 saturated carbocycles. The van der Waals surface area contributed by atoms with Crippen LogP contribution in [0.4, 0.5) is 0 Å². The lowest BCUT2D eigenvalue weighted by molar-refractivity contribution is 0.306. The number of benzene rings is 1. The number of rotatable bonds is 4. The number of hydrogen-bond acceptors (Lipinski definition) is 3. The van der Waals surface area contributed by atoms with Crippen LogP contribution in [-0.4, -0.2) is 26.6 Å². The molecule has 1 aromatic carbocycles. The van der Waals surface area contributed by atoms with Crippen LogP contribution in [0, 0.1) is 0 Å². The van der Waals surface area contributed by atoms with Gasteiger partial charge in [0.25, 0.3) is 0 Å². The van der Waals surface area contributed by atoms with E-state index in [1.54, 1.807) is 18.3 Å². The molecule has 2 rings (SSSR count). The topological polar surface area (TPSA) is 41.3 Å². The summed E-state index contributed by atoms with van der Waals surface area (Å²) in [7, 11) is 4.02. The molecule has 1 aromatic heterocycles. The van der Waals surface area contributed by atoms with E-state index in [2.05, 4.69) is 25.8 Å². The second-order valence-electron chi connectivity index (χ2n) is 4.40. The minimum absolute atomic E-state index is 0.290. The molecule has 0 aliphatic rings. The van der Waals surface area contributed by atoms with Crippen LogP contribution in [0.3, 0.4) is 0 Å². The maximum atomic E-state index is 9.50. The second-order valence-corrected chi connectivity index (χ2v) is 5.26. The van der Waals surface area contributed by atoms with E-state index in [1.807, 2.05) is 30.9 Å². The van der Waals surface area contributed by atoms with Gasteiger partial charge in [-0.1, -0.05) is 15.9 Å². The molecule has 18 heavy (non-hydrogen) atoms. The Morgan fingerprint density at radius 1 is 1.39 bits per heavy atom. The van der Waals surface area contributed by atoms with Gasteiger partial charge in [-0.2, -0.15) is 0 Å². The van der Waals surface area contributed by atoms with E-state index >= 15 is 0 Å². The summed E-state index contributed by atoms with van der Waals surface area (Å²) in [5, 5.41) is 9.50. The largest absolute Gasteiger partial charge is 0.508 e. The number of hydrogen-bond donors (Lipinski definition) is 1. The van der Waals surface area contributed by atoms with E-state index in [9.17, 15) is 5.11 Å². The van der Waals surface area contributed by atoms with Crippen molar-refractivity contribution in [3.63, 3.8) is 0 Å². The molecule has 1 N–H and O–H groups in total. The van der Waals surface area contributed by atoms with Gasteiger partial charge in [-0.3, -0.25) is 4.90 Å². The second kappa shape index (κ2) is 5.54. The van der Waals surface area contributed by atoms with Crippen LogP contribution in [0.1, 0.15) is 11.4 Å². The Hall–Kier alpha value is -1.33. The maximum Gasteiger partial charge on any atom is 0.122 e. The van der Waals surface area contributed by atoms with Crippen molar-refractivity contribution in [3.05, 3.63) is 46.5 Å². The standard InChI is InChI=1S/C13H16BrN3O/c1-16(9-13-15-5-6-17(13)2)8-10-7-11(18)3-4-12(10)14/h3-7,18H,8-9H2,1-2H3. The summed E-state index contributed by atoms with van der Waals surface area (Å²) in [6.07, 6.45) is 3.74. The van der Waals surface area contributed by atoms with Crippen LogP contribution >= 0.6 is 15.9 Å². The van der Waals surface area contributed by atoms with Gasteiger partial charge in [-0.05, 0) is 30.8 Å². The Labute approximate surface area is 115 Å². The molecule has 5 heteroatoms. The summed E-state index contributed by atoms with van der Waals surface area (Å²) >= 11 is 3.49. The molecule has 0 fully saturated rings. The lowest BCUT2D eigenvalue weighted by atomic mass is 10.2. The first-order valence-corrected chi connectivity index (χ1v) is 6.47. The molecule has 0 bridgehead atoms. The third-order valence-electron chi connectivity index (χ3n) is 2.80. The Balaban J connectivity index is 2.05. The normalized spacial score (nSPS) is 11.1. The average Bonchev–Trinajstić information content (AvgIpc) is 2.70. The van der Waals surface area contributed by atoms with Gasteiger partial charge >= 0.3 is 0 Å². The molecular formula is C13H16BrN3O. The van der Waals surface area contributed by atoms with Gasteiger partial charge in [0.2, 0.25) is 0 Å². The fourth-order valence-corrected chi connectivity index (χ4v) is 2.19. The van der Waals surface area contributed by atoms with Crippen molar-refractivity contribution in [2.24, 2.45) is 7.05 Å². The van der Waals surface area contributed by atoms with E-state index < -0.39 is 0 Å². The molecule has 0 amide bonds. The highest BCUT2D eigenvalue weighted by Gasteiger charge is 2.08. The molecular weight excluding hydrogens is 294 g/mol. The minimum atomic E-state index is 0.290. The van der Waals surface area contributed by atoms with Crippen molar-refractivity contribution in [1.82, 2.24) is 14.5 Å². The van der Waals surface area contributed by atoms with Gasteiger partial charge < -0.3 is 9.67 Å². The van der Waals surface area contributed by atoms with Gasteiger partial charge in [0.15, 0.2) is 0 Å². The van der Waals surface area contributed by atoms with Crippen molar-refractivity contribution >= 4 is 15.9 Å². The molecule has 4 nitrogen and oxygen atoms in total. The van der Waals surface area contributed by atoms with Gasteiger partial charge in [0.1, 0.15) is 11.6 Å². The van der Waals surface area contributed by atoms with Gasteiger partial charge in [-0.15, -0.1) is 0 Å². The molecule has 0 spiro atoms. The van der Waals surface area contributed by atoms with E-state index in [1.165, 1.54) is 0 Å². The van der Waals surface area contributed by atoms with Crippen LogP contribution in [0.5, 0.6) is 5.75 Å². The number of imidazole rings is 1. The molecule has 0 saturated heterocycles. The lowest BCUT2D eigenvalue weighted by Crippen LogP contribution is -2.19. The molecule has 0 atom stereocenters. The summed E-state index contributed by atoms with van der Waals surface area (Å²) in [5.74, 6) is 1.31. The zero-order valence-electron chi connectivity index (χ0n) is 10.5. The molecule has 0 unspecified atom stereocenters. The summed E-state index contributed by atoms with van der Waals surface area (Å²) < 4.78 is 3.01. The van der Waals surface area contributed by atoms with Crippen LogP contribution < -0.4 is 0 Å². The van der Waals surface area contributed by atoms with Crippen molar-refractivity contribution in [2.45, 2.75) is 13.1 Å². The van der Waals surface area contributed by atoms with Crippen molar-refractivity contribution in [2.75, 3.05) is 7.05 Å². The highest BCUT2D eigenvalue weighted by atomic mass is 79.9. The lowest BCUT2D eigenvalue weighted by Gasteiger charge is -2.17. The Morgan fingerprint density at radius 2 is 2.17 bits per heavy atom. The number of aryl methyl sites for hydroxylation is 1. The minimum Gasteiger partial charge on any atom is -0.508 e. The highest BCUT2D eigenvalue weighted by molar-refractivity contribution is 9.10. The number of aromatic hydroxyl groups is 1. The third kappa shape index (κ3) is 3.11. The quantitative estimate of drug-likeness (QED) is 0.943. The third-order valence-corrected chi connectivity index (χ3v) is 3.58. The molecule has 96 valence electrons. The Morgan fingerprint density at radius 3 is 2.83 bits per heavy atom. The van der Waals surface area contributed by atoms with E-state index in [0.29, 0.717) is 5.75 Å². The van der Waals surface area contributed by atoms with Crippen molar-refractivity contribution in [3.8, 4) is 5.75 Å². The average molecular weight is 310 g/mol. The first-order chi connectivity index (χ1) is 8.56. The first-order valence-electron chi connectivity index (χ1n) is 5.68. The van der Waals surface area contributed by atoms with Gasteiger partial charge in [-0.25, -0.2) is 4.98 Å². The van der Waals surface area contributed by atoms with Crippen molar-refractivity contribution < 1.29 is 5.11 Å². The fourth-order valence-electron chi connectivity index (χ4n) is 1.82. The zero-order chi connectivity index (χ0) is 13.1. The summed E-state index contributed by atoms with van der Waals surface area (Å²) in [6, 6.07) is 5.31. The SMILES string of the molecule is CN(Cc1cc(O)ccc1Br)Cc1nccn1C. The van der Waals surface area contributed by atoms with Crippen LogP contribution in [0.15, 0.2) is 35.1 Å². The number of nitrogens with zero attached hydrogens (tertiary/aromatic N) is 3. The predicted octanol–water partition coefficient (Wildman–Crippen LogP) is 2.52. The highest BCUT2D eigenvalue weighted by Crippen LogP contribution is 2.23. The van der Waals surface area contributed by atoms with E-state index in [4.69, 9.17) is 0 Å². The maximum absolute atomic E-state index is 9.50. The fraction of sp³-hybridized carbons (Fsp3) is 0.308. The predicted molar refractivity (Wildman–Crippen MR) is 74.2 cm³/mol. The van der Waals surface area contributed by atoms with Gasteiger partial charge in [0.05, 0.1) is 6.54 Å². The Bertz CT molecular complexity index is 539. The first kappa shape index (κ1) is 13.1. The van der Waals surface area contributed by atoms with Crippen LogP contribution in [0.2, 0.25) is 0 Å². The van der Waals surface area contributed by atoms with Crippen LogP contribution in [-0.2, 0) is 20.1 Å². The number of phenolic OH excluding ortho intramolecular Hbond substituents is 1. The monoisotopic (exact) mass is 309 g/mol. The smallest absolute Gasteiger partial charge is 0.122 e. The summed E-state index contributed by atoms with van der Waals surface area (Å²) in [6.45, 7) is 1.52. The molecule has 2 aromatic rings. The number of halogens is 1. The molecule has 0 radical (unpaired) electrons. The Kier molecular flexibility index (Phi) is 4.04. The number of aromatic nitrogens is 2. The summed E-state index contributed by atoms with van der Waals surface area (Å²) in [5.41, 5.74) is 1.06. The zero-order valence-corrected chi connectivity index (χ0v) is 12.1. The summed E-state index contributed by atoms with van der Waals surface area (Å²) in [4.78, 5) is 6.45. The number of phenols is 1. The molecule has 0 aliphatic heterocycles. The van der Waals surface area contributed by atoms with E-state index in [0.717, 1.165) is 29.0 Å².